The van der Waals surface area contributed by atoms with Crippen LogP contribution in [0.25, 0.3) is 0 Å². The van der Waals surface area contributed by atoms with Gasteiger partial charge in [0.05, 0.1) is 18.8 Å². The summed E-state index contributed by atoms with van der Waals surface area (Å²) in [6.07, 6.45) is 14.8. The molecule has 0 bridgehead atoms. The summed E-state index contributed by atoms with van der Waals surface area (Å²) in [6.45, 7) is 5.36. The summed E-state index contributed by atoms with van der Waals surface area (Å²) in [4.78, 5) is 24.4. The first-order valence-corrected chi connectivity index (χ1v) is 12.1. The van der Waals surface area contributed by atoms with Crippen LogP contribution >= 0.6 is 0 Å². The van der Waals surface area contributed by atoms with E-state index in [-0.39, 0.29) is 18.4 Å². The van der Waals surface area contributed by atoms with E-state index >= 15 is 0 Å². The second kappa shape index (κ2) is 18.0. The number of esters is 2. The third kappa shape index (κ3) is 12.7. The number of benzene rings is 1. The summed E-state index contributed by atoms with van der Waals surface area (Å²) in [6, 6.07) is 7.39. The Hall–Kier alpha value is -1.84. The van der Waals surface area contributed by atoms with E-state index in [2.05, 4.69) is 13.8 Å². The topological polar surface area (TPSA) is 52.6 Å². The van der Waals surface area contributed by atoms with E-state index in [1.54, 1.807) is 6.07 Å². The Labute approximate surface area is 183 Å². The molecule has 4 heteroatoms. The highest BCUT2D eigenvalue weighted by Gasteiger charge is 2.13. The monoisotopic (exact) mass is 418 g/mol. The molecule has 0 aliphatic heterocycles. The van der Waals surface area contributed by atoms with Crippen molar-refractivity contribution in [2.45, 2.75) is 104 Å². The fraction of sp³-hybridized carbons (Fsp3) is 0.692. The summed E-state index contributed by atoms with van der Waals surface area (Å²) in [5, 5.41) is 0. The zero-order chi connectivity index (χ0) is 21.9. The van der Waals surface area contributed by atoms with Crippen molar-refractivity contribution < 1.29 is 19.1 Å². The van der Waals surface area contributed by atoms with Crippen molar-refractivity contribution in [1.29, 1.82) is 0 Å². The molecule has 1 aromatic rings. The standard InChI is InChI=1S/C26H42O4/c1-3-5-7-9-11-15-21-29-25(27)20-19-23-17-13-14-18-24(23)26(28)30-22-16-12-10-8-6-4-2/h13-14,17-18H,3-12,15-16,19-22H2,1-2H3. The number of carbonyl (C=O) groups excluding carboxylic acids is 2. The molecule has 1 aromatic carbocycles. The Bertz CT molecular complexity index is 582. The van der Waals surface area contributed by atoms with Gasteiger partial charge in [-0.05, 0) is 30.9 Å². The first-order valence-electron chi connectivity index (χ1n) is 12.1. The van der Waals surface area contributed by atoms with Crippen LogP contribution in [0.3, 0.4) is 0 Å². The average Bonchev–Trinajstić information content (AvgIpc) is 2.76. The Morgan fingerprint density at radius 1 is 0.700 bits per heavy atom. The van der Waals surface area contributed by atoms with Gasteiger partial charge in [-0.25, -0.2) is 4.79 Å². The molecular weight excluding hydrogens is 376 g/mol. The fourth-order valence-electron chi connectivity index (χ4n) is 3.44. The van der Waals surface area contributed by atoms with Gasteiger partial charge in [0.15, 0.2) is 0 Å². The highest BCUT2D eigenvalue weighted by molar-refractivity contribution is 5.91. The van der Waals surface area contributed by atoms with Crippen molar-refractivity contribution in [2.24, 2.45) is 0 Å². The van der Waals surface area contributed by atoms with Gasteiger partial charge in [-0.15, -0.1) is 0 Å². The first-order chi connectivity index (χ1) is 14.7. The number of unbranched alkanes of at least 4 members (excludes halogenated alkanes) is 10. The molecule has 0 aromatic heterocycles. The van der Waals surface area contributed by atoms with Gasteiger partial charge in [-0.3, -0.25) is 4.79 Å². The fourth-order valence-corrected chi connectivity index (χ4v) is 3.44. The Morgan fingerprint density at radius 2 is 1.23 bits per heavy atom. The van der Waals surface area contributed by atoms with Crippen LogP contribution in [0.15, 0.2) is 24.3 Å². The zero-order valence-electron chi connectivity index (χ0n) is 19.3. The SMILES string of the molecule is CCCCCCCCOC(=O)CCc1ccccc1C(=O)OCCCCCCCC. The third-order valence-electron chi connectivity index (χ3n) is 5.33. The molecule has 0 atom stereocenters. The van der Waals surface area contributed by atoms with Gasteiger partial charge >= 0.3 is 11.9 Å². The predicted octanol–water partition coefficient (Wildman–Crippen LogP) is 7.04. The van der Waals surface area contributed by atoms with Crippen molar-refractivity contribution in [3.63, 3.8) is 0 Å². The minimum absolute atomic E-state index is 0.196. The largest absolute Gasteiger partial charge is 0.466 e. The van der Waals surface area contributed by atoms with E-state index < -0.39 is 0 Å². The van der Waals surface area contributed by atoms with Crippen molar-refractivity contribution in [3.8, 4) is 0 Å². The molecule has 0 heterocycles. The highest BCUT2D eigenvalue weighted by atomic mass is 16.5. The summed E-state index contributed by atoms with van der Waals surface area (Å²) in [5.41, 5.74) is 1.41. The number of hydrogen-bond donors (Lipinski definition) is 0. The van der Waals surface area contributed by atoms with Crippen LogP contribution in [0.1, 0.15) is 113 Å². The number of rotatable bonds is 18. The minimum Gasteiger partial charge on any atom is -0.466 e. The molecule has 0 radical (unpaired) electrons. The average molecular weight is 419 g/mol. The molecule has 0 aliphatic rings. The minimum atomic E-state index is -0.292. The number of hydrogen-bond acceptors (Lipinski definition) is 4. The molecule has 30 heavy (non-hydrogen) atoms. The molecule has 0 spiro atoms. The second-order valence-electron chi connectivity index (χ2n) is 8.05. The van der Waals surface area contributed by atoms with Gasteiger partial charge in [0.25, 0.3) is 0 Å². The summed E-state index contributed by atoms with van der Waals surface area (Å²) in [7, 11) is 0. The molecule has 0 fully saturated rings. The third-order valence-corrected chi connectivity index (χ3v) is 5.33. The van der Waals surface area contributed by atoms with Crippen molar-refractivity contribution in [2.75, 3.05) is 13.2 Å². The highest BCUT2D eigenvalue weighted by Crippen LogP contribution is 2.14. The zero-order valence-corrected chi connectivity index (χ0v) is 19.3. The van der Waals surface area contributed by atoms with E-state index in [1.807, 2.05) is 18.2 Å². The number of aryl methyl sites for hydroxylation is 1. The lowest BCUT2D eigenvalue weighted by Gasteiger charge is -2.10. The Morgan fingerprint density at radius 3 is 1.87 bits per heavy atom. The van der Waals surface area contributed by atoms with Crippen LogP contribution in [-0.4, -0.2) is 25.2 Å². The lowest BCUT2D eigenvalue weighted by Crippen LogP contribution is -2.12. The van der Waals surface area contributed by atoms with Crippen molar-refractivity contribution >= 4 is 11.9 Å². The predicted molar refractivity (Wildman–Crippen MR) is 123 cm³/mol. The van der Waals surface area contributed by atoms with Gasteiger partial charge in [0, 0.05) is 6.42 Å². The summed E-state index contributed by atoms with van der Waals surface area (Å²) < 4.78 is 10.8. The Kier molecular flexibility index (Phi) is 15.7. The Balaban J connectivity index is 2.26. The molecule has 0 aliphatic carbocycles. The van der Waals surface area contributed by atoms with Crippen LogP contribution in [0.4, 0.5) is 0 Å². The van der Waals surface area contributed by atoms with E-state index in [1.165, 1.54) is 51.4 Å². The maximum absolute atomic E-state index is 12.4. The molecule has 4 nitrogen and oxygen atoms in total. The molecule has 0 saturated heterocycles. The summed E-state index contributed by atoms with van der Waals surface area (Å²) in [5.74, 6) is -0.488. The smallest absolute Gasteiger partial charge is 0.338 e. The molecule has 0 unspecified atom stereocenters. The van der Waals surface area contributed by atoms with Gasteiger partial charge in [0.2, 0.25) is 0 Å². The molecule has 0 amide bonds. The van der Waals surface area contributed by atoms with Crippen molar-refractivity contribution in [1.82, 2.24) is 0 Å². The molecule has 170 valence electrons. The maximum atomic E-state index is 12.4. The van der Waals surface area contributed by atoms with E-state index in [9.17, 15) is 9.59 Å². The lowest BCUT2D eigenvalue weighted by atomic mass is 10.0. The molecule has 1 rings (SSSR count). The van der Waals surface area contributed by atoms with Crippen LogP contribution in [0, 0.1) is 0 Å². The number of carbonyl (C=O) groups is 2. The van der Waals surface area contributed by atoms with Gasteiger partial charge in [-0.1, -0.05) is 96.3 Å². The van der Waals surface area contributed by atoms with E-state index in [0.717, 1.165) is 31.2 Å². The van der Waals surface area contributed by atoms with Crippen LogP contribution in [0.5, 0.6) is 0 Å². The van der Waals surface area contributed by atoms with Crippen LogP contribution in [0.2, 0.25) is 0 Å². The van der Waals surface area contributed by atoms with Gasteiger partial charge < -0.3 is 9.47 Å². The lowest BCUT2D eigenvalue weighted by molar-refractivity contribution is -0.143. The van der Waals surface area contributed by atoms with Crippen LogP contribution in [-0.2, 0) is 20.7 Å². The molecule has 0 N–H and O–H groups in total. The van der Waals surface area contributed by atoms with Crippen LogP contribution < -0.4 is 0 Å². The molecule has 0 saturated carbocycles. The van der Waals surface area contributed by atoms with E-state index in [0.29, 0.717) is 25.2 Å². The van der Waals surface area contributed by atoms with Crippen molar-refractivity contribution in [3.05, 3.63) is 35.4 Å². The molecular formula is C26H42O4. The maximum Gasteiger partial charge on any atom is 0.338 e. The normalized spacial score (nSPS) is 10.7. The first kappa shape index (κ1) is 26.2. The van der Waals surface area contributed by atoms with Gasteiger partial charge in [-0.2, -0.15) is 0 Å². The van der Waals surface area contributed by atoms with E-state index in [4.69, 9.17) is 9.47 Å². The van der Waals surface area contributed by atoms with Gasteiger partial charge in [0.1, 0.15) is 0 Å². The quantitative estimate of drug-likeness (QED) is 0.189. The number of ether oxygens (including phenoxy) is 2. The summed E-state index contributed by atoms with van der Waals surface area (Å²) >= 11 is 0. The second-order valence-corrected chi connectivity index (χ2v) is 8.05.